The van der Waals surface area contributed by atoms with E-state index in [4.69, 9.17) is 16.3 Å². The SMILES string of the molecule is O=C(NCCc1ccc(Oc2ccccc2)cc1)c1cc(C(F)(F)F)nn1-c1ccccc1Cl. The summed E-state index contributed by atoms with van der Waals surface area (Å²) in [4.78, 5) is 12.7. The zero-order chi connectivity index (χ0) is 24.1. The van der Waals surface area contributed by atoms with E-state index in [0.717, 1.165) is 16.0 Å². The molecule has 1 amide bonds. The van der Waals surface area contributed by atoms with Gasteiger partial charge >= 0.3 is 6.18 Å². The molecule has 0 unspecified atom stereocenters. The number of carbonyl (C=O) groups is 1. The zero-order valence-corrected chi connectivity index (χ0v) is 18.5. The van der Waals surface area contributed by atoms with Crippen LogP contribution in [0.2, 0.25) is 5.02 Å². The van der Waals surface area contributed by atoms with Crippen LogP contribution in [0.25, 0.3) is 5.69 Å². The lowest BCUT2D eigenvalue weighted by Gasteiger charge is -2.10. The van der Waals surface area contributed by atoms with E-state index >= 15 is 0 Å². The first kappa shape index (κ1) is 23.4. The Kier molecular flexibility index (Phi) is 6.88. The van der Waals surface area contributed by atoms with Crippen molar-refractivity contribution in [3.05, 3.63) is 107 Å². The highest BCUT2D eigenvalue weighted by Crippen LogP contribution is 2.31. The highest BCUT2D eigenvalue weighted by molar-refractivity contribution is 6.32. The molecule has 0 aliphatic rings. The maximum atomic E-state index is 13.3. The molecule has 0 fully saturated rings. The van der Waals surface area contributed by atoms with Crippen LogP contribution in [0.5, 0.6) is 11.5 Å². The fourth-order valence-corrected chi connectivity index (χ4v) is 3.46. The van der Waals surface area contributed by atoms with Gasteiger partial charge in [-0.05, 0) is 48.4 Å². The molecular formula is C25H19ClF3N3O2. The molecule has 0 saturated heterocycles. The number of amides is 1. The molecule has 1 heterocycles. The Bertz CT molecular complexity index is 1270. The van der Waals surface area contributed by atoms with E-state index in [1.807, 2.05) is 54.6 Å². The van der Waals surface area contributed by atoms with Crippen LogP contribution in [-0.4, -0.2) is 22.2 Å². The Morgan fingerprint density at radius 2 is 1.59 bits per heavy atom. The Hall–Kier alpha value is -3.78. The van der Waals surface area contributed by atoms with Gasteiger partial charge in [0.05, 0.1) is 10.7 Å². The Morgan fingerprint density at radius 3 is 2.26 bits per heavy atom. The first-order chi connectivity index (χ1) is 16.3. The summed E-state index contributed by atoms with van der Waals surface area (Å²) in [6.45, 7) is 0.215. The zero-order valence-electron chi connectivity index (χ0n) is 17.7. The molecule has 34 heavy (non-hydrogen) atoms. The van der Waals surface area contributed by atoms with Gasteiger partial charge in [-0.2, -0.15) is 18.3 Å². The molecule has 3 aromatic carbocycles. The minimum Gasteiger partial charge on any atom is -0.457 e. The van der Waals surface area contributed by atoms with Crippen LogP contribution < -0.4 is 10.1 Å². The highest BCUT2D eigenvalue weighted by atomic mass is 35.5. The number of carbonyl (C=O) groups excluding carboxylic acids is 1. The number of nitrogens with zero attached hydrogens (tertiary/aromatic N) is 2. The van der Waals surface area contributed by atoms with Crippen molar-refractivity contribution in [2.75, 3.05) is 6.54 Å². The standard InChI is InChI=1S/C25H19ClF3N3O2/c26-20-8-4-5-9-21(20)32-22(16-23(31-32)25(27,28)29)24(33)30-15-14-17-10-12-19(13-11-17)34-18-6-2-1-3-7-18/h1-13,16H,14-15H2,(H,30,33). The number of rotatable bonds is 7. The molecule has 0 radical (unpaired) electrons. The van der Waals surface area contributed by atoms with E-state index in [1.54, 1.807) is 12.1 Å². The first-order valence-electron chi connectivity index (χ1n) is 10.3. The van der Waals surface area contributed by atoms with E-state index in [9.17, 15) is 18.0 Å². The van der Waals surface area contributed by atoms with E-state index in [0.29, 0.717) is 18.2 Å². The van der Waals surface area contributed by atoms with Gasteiger partial charge in [0.25, 0.3) is 5.91 Å². The molecule has 0 aliphatic carbocycles. The van der Waals surface area contributed by atoms with Gasteiger partial charge in [0.15, 0.2) is 5.69 Å². The van der Waals surface area contributed by atoms with Gasteiger partial charge in [-0.3, -0.25) is 4.79 Å². The van der Waals surface area contributed by atoms with Crippen LogP contribution in [0.3, 0.4) is 0 Å². The van der Waals surface area contributed by atoms with Crippen LogP contribution in [0.4, 0.5) is 13.2 Å². The number of ether oxygens (including phenoxy) is 1. The third-order valence-electron chi connectivity index (χ3n) is 4.91. The van der Waals surface area contributed by atoms with Crippen molar-refractivity contribution in [1.82, 2.24) is 15.1 Å². The summed E-state index contributed by atoms with van der Waals surface area (Å²) >= 11 is 6.12. The second kappa shape index (κ2) is 10.0. The monoisotopic (exact) mass is 485 g/mol. The lowest BCUT2D eigenvalue weighted by atomic mass is 10.1. The molecule has 4 rings (SSSR count). The number of hydrogen-bond acceptors (Lipinski definition) is 3. The van der Waals surface area contributed by atoms with E-state index in [1.165, 1.54) is 12.1 Å². The van der Waals surface area contributed by atoms with Gasteiger partial charge in [-0.15, -0.1) is 0 Å². The normalized spacial score (nSPS) is 11.3. The predicted molar refractivity (Wildman–Crippen MR) is 123 cm³/mol. The number of aromatic nitrogens is 2. The van der Waals surface area contributed by atoms with Crippen molar-refractivity contribution < 1.29 is 22.7 Å². The summed E-state index contributed by atoms with van der Waals surface area (Å²) in [6, 6.07) is 23.6. The summed E-state index contributed by atoms with van der Waals surface area (Å²) in [5, 5.41) is 6.40. The molecule has 0 spiro atoms. The molecule has 1 aromatic heterocycles. The van der Waals surface area contributed by atoms with Crippen molar-refractivity contribution in [1.29, 1.82) is 0 Å². The fourth-order valence-electron chi connectivity index (χ4n) is 3.25. The van der Waals surface area contributed by atoms with Gasteiger partial charge < -0.3 is 10.1 Å². The van der Waals surface area contributed by atoms with Crippen molar-refractivity contribution in [3.63, 3.8) is 0 Å². The van der Waals surface area contributed by atoms with Gasteiger partial charge in [0.2, 0.25) is 0 Å². The van der Waals surface area contributed by atoms with Gasteiger partial charge in [0, 0.05) is 12.6 Å². The molecule has 0 aliphatic heterocycles. The van der Waals surface area contributed by atoms with Crippen molar-refractivity contribution in [3.8, 4) is 17.2 Å². The average molecular weight is 486 g/mol. The second-order valence-electron chi connectivity index (χ2n) is 7.34. The van der Waals surface area contributed by atoms with Crippen LogP contribution >= 0.6 is 11.6 Å². The molecule has 0 bridgehead atoms. The number of halogens is 4. The number of para-hydroxylation sites is 2. The Labute approximate surface area is 198 Å². The van der Waals surface area contributed by atoms with Gasteiger partial charge in [-0.1, -0.05) is 54.1 Å². The molecule has 9 heteroatoms. The van der Waals surface area contributed by atoms with E-state index in [2.05, 4.69) is 10.4 Å². The molecule has 5 nitrogen and oxygen atoms in total. The largest absolute Gasteiger partial charge is 0.457 e. The molecule has 1 N–H and O–H groups in total. The summed E-state index contributed by atoms with van der Waals surface area (Å²) < 4.78 is 46.4. The summed E-state index contributed by atoms with van der Waals surface area (Å²) in [7, 11) is 0. The lowest BCUT2D eigenvalue weighted by Crippen LogP contribution is -2.27. The minimum absolute atomic E-state index is 0.172. The fraction of sp³-hybridized carbons (Fsp3) is 0.120. The van der Waals surface area contributed by atoms with E-state index in [-0.39, 0.29) is 22.9 Å². The molecule has 4 aromatic rings. The van der Waals surface area contributed by atoms with E-state index < -0.39 is 17.8 Å². The summed E-state index contributed by atoms with van der Waals surface area (Å²) in [5.41, 5.74) is -0.325. The van der Waals surface area contributed by atoms with Crippen LogP contribution in [0, 0.1) is 0 Å². The van der Waals surface area contributed by atoms with Crippen molar-refractivity contribution in [2.45, 2.75) is 12.6 Å². The minimum atomic E-state index is -4.70. The van der Waals surface area contributed by atoms with Crippen LogP contribution in [0.1, 0.15) is 21.7 Å². The summed E-state index contributed by atoms with van der Waals surface area (Å²) in [5.74, 6) is 0.699. The van der Waals surface area contributed by atoms with Crippen molar-refractivity contribution in [2.24, 2.45) is 0 Å². The van der Waals surface area contributed by atoms with Crippen molar-refractivity contribution >= 4 is 17.5 Å². The molecule has 0 saturated carbocycles. The topological polar surface area (TPSA) is 56.1 Å². The smallest absolute Gasteiger partial charge is 0.435 e. The molecular weight excluding hydrogens is 467 g/mol. The maximum absolute atomic E-state index is 13.3. The lowest BCUT2D eigenvalue weighted by molar-refractivity contribution is -0.141. The summed E-state index contributed by atoms with van der Waals surface area (Å²) in [6.07, 6.45) is -4.23. The maximum Gasteiger partial charge on any atom is 0.435 e. The van der Waals surface area contributed by atoms with Gasteiger partial charge in [-0.25, -0.2) is 4.68 Å². The number of nitrogens with one attached hydrogen (secondary N) is 1. The Balaban J connectivity index is 1.43. The van der Waals surface area contributed by atoms with Crippen LogP contribution in [0.15, 0.2) is 84.9 Å². The molecule has 174 valence electrons. The third kappa shape index (κ3) is 5.58. The van der Waals surface area contributed by atoms with Crippen LogP contribution in [-0.2, 0) is 12.6 Å². The number of benzene rings is 3. The first-order valence-corrected chi connectivity index (χ1v) is 10.7. The average Bonchev–Trinajstić information content (AvgIpc) is 3.27. The highest BCUT2D eigenvalue weighted by Gasteiger charge is 2.36. The Morgan fingerprint density at radius 1 is 0.941 bits per heavy atom. The molecule has 0 atom stereocenters. The quantitative estimate of drug-likeness (QED) is 0.334. The van der Waals surface area contributed by atoms with Gasteiger partial charge in [0.1, 0.15) is 17.2 Å². The third-order valence-corrected chi connectivity index (χ3v) is 5.23. The number of alkyl halides is 3. The second-order valence-corrected chi connectivity index (χ2v) is 7.75. The predicted octanol–water partition coefficient (Wildman–Crippen LogP) is 6.31. The number of hydrogen-bond donors (Lipinski definition) is 1.